The highest BCUT2D eigenvalue weighted by atomic mass is 16.5. The first-order valence-corrected chi connectivity index (χ1v) is 12.3. The van der Waals surface area contributed by atoms with Crippen molar-refractivity contribution in [2.75, 3.05) is 11.9 Å². The van der Waals surface area contributed by atoms with Gasteiger partial charge in [-0.1, -0.05) is 0 Å². The molecular weight excluding hydrogens is 454 g/mol. The summed E-state index contributed by atoms with van der Waals surface area (Å²) < 4.78 is 14.5. The van der Waals surface area contributed by atoms with Crippen molar-refractivity contribution >= 4 is 23.2 Å². The first kappa shape index (κ1) is 21.2. The molecule has 3 heterocycles. The quantitative estimate of drug-likeness (QED) is 0.518. The molecule has 5 aliphatic rings. The van der Waals surface area contributed by atoms with E-state index in [0.29, 0.717) is 41.4 Å². The number of hydrogen-bond acceptors (Lipinski definition) is 8. The molecule has 0 unspecified atom stereocenters. The van der Waals surface area contributed by atoms with Gasteiger partial charge in [0.15, 0.2) is 11.2 Å². The van der Waals surface area contributed by atoms with E-state index >= 15 is 0 Å². The van der Waals surface area contributed by atoms with Gasteiger partial charge < -0.3 is 14.8 Å². The van der Waals surface area contributed by atoms with E-state index in [1.165, 1.54) is 6.08 Å². The van der Waals surface area contributed by atoms with Gasteiger partial charge in [-0.3, -0.25) is 4.57 Å². The molecule has 0 amide bonds. The normalized spacial score (nSPS) is 26.3. The summed E-state index contributed by atoms with van der Waals surface area (Å²) in [5.41, 5.74) is 3.98. The van der Waals surface area contributed by atoms with Crippen LogP contribution < -0.4 is 14.8 Å². The SMILES string of the molecule is Cc1cc(/C=C/C#N)cc(C)c1Oc1nc(NC23CC(C#N)(C2)C3)nc2c1nc1n2CC2(CC2)CO1. The fourth-order valence-corrected chi connectivity index (χ4v) is 6.16. The second kappa shape index (κ2) is 6.98. The minimum atomic E-state index is -0.172. The minimum absolute atomic E-state index is 0.111. The van der Waals surface area contributed by atoms with E-state index in [2.05, 4.69) is 16.0 Å². The Morgan fingerprint density at radius 1 is 1.11 bits per heavy atom. The third kappa shape index (κ3) is 3.09. The van der Waals surface area contributed by atoms with Crippen LogP contribution in [0.25, 0.3) is 17.2 Å². The Bertz CT molecular complexity index is 1520. The van der Waals surface area contributed by atoms with Crippen molar-refractivity contribution in [1.82, 2.24) is 19.5 Å². The molecule has 9 heteroatoms. The van der Waals surface area contributed by atoms with Gasteiger partial charge in [0.2, 0.25) is 5.95 Å². The Morgan fingerprint density at radius 2 is 1.86 bits per heavy atom. The van der Waals surface area contributed by atoms with E-state index in [1.807, 2.05) is 32.0 Å². The van der Waals surface area contributed by atoms with Crippen LogP contribution in [0.15, 0.2) is 18.2 Å². The van der Waals surface area contributed by atoms with E-state index in [0.717, 1.165) is 55.3 Å². The van der Waals surface area contributed by atoms with E-state index in [4.69, 9.17) is 29.7 Å². The van der Waals surface area contributed by atoms with Gasteiger partial charge in [-0.15, -0.1) is 0 Å². The Labute approximate surface area is 208 Å². The number of benzene rings is 1. The molecule has 3 aromatic rings. The average molecular weight is 480 g/mol. The molecule has 1 N–H and O–H groups in total. The molecule has 180 valence electrons. The lowest BCUT2D eigenvalue weighted by Gasteiger charge is -2.66. The summed E-state index contributed by atoms with van der Waals surface area (Å²) in [6.07, 6.45) is 8.00. The Hall–Kier alpha value is -4.11. The van der Waals surface area contributed by atoms with Crippen LogP contribution in [0, 0.1) is 47.3 Å². The lowest BCUT2D eigenvalue weighted by molar-refractivity contribution is -0.0665. The maximum atomic E-state index is 9.42. The Kier molecular flexibility index (Phi) is 4.11. The third-order valence-corrected chi connectivity index (χ3v) is 8.16. The van der Waals surface area contributed by atoms with Crippen LogP contribution in [0.5, 0.6) is 17.6 Å². The molecule has 2 bridgehead atoms. The summed E-state index contributed by atoms with van der Waals surface area (Å²) in [5, 5.41) is 21.8. The molecule has 4 fully saturated rings. The standard InChI is InChI=1S/C27H25N7O2/c1-16-8-18(4-3-7-28)9-17(2)20(16)36-22-19-21(34-14-25(5-6-25)15-35-24(34)30-19)31-23(32-22)33-27-10-26(11-27,12-27)13-29/h3-4,8-9H,5-6,10-12,14-15H2,1-2H3,(H,31,32,33)/b4-3+. The molecule has 4 saturated carbocycles. The molecule has 8 rings (SSSR count). The number of nitrogens with one attached hydrogen (secondary N) is 1. The zero-order valence-corrected chi connectivity index (χ0v) is 20.3. The van der Waals surface area contributed by atoms with Gasteiger partial charge in [0.1, 0.15) is 5.75 Å². The number of rotatable bonds is 5. The van der Waals surface area contributed by atoms with E-state index < -0.39 is 0 Å². The van der Waals surface area contributed by atoms with Crippen LogP contribution in [0.2, 0.25) is 0 Å². The Balaban J connectivity index is 1.30. The Morgan fingerprint density at radius 3 is 2.53 bits per heavy atom. The van der Waals surface area contributed by atoms with Crippen LogP contribution in [0.1, 0.15) is 48.8 Å². The fourth-order valence-electron chi connectivity index (χ4n) is 6.16. The van der Waals surface area contributed by atoms with Crippen molar-refractivity contribution in [3.63, 3.8) is 0 Å². The number of allylic oxidation sites excluding steroid dienone is 1. The zero-order valence-electron chi connectivity index (χ0n) is 20.3. The predicted octanol–water partition coefficient (Wildman–Crippen LogP) is 4.80. The highest BCUT2D eigenvalue weighted by molar-refractivity contribution is 5.80. The summed E-state index contributed by atoms with van der Waals surface area (Å²) in [7, 11) is 0. The van der Waals surface area contributed by atoms with E-state index in [-0.39, 0.29) is 16.4 Å². The smallest absolute Gasteiger partial charge is 0.298 e. The molecule has 1 aromatic carbocycles. The molecular formula is C27H25N7O2. The summed E-state index contributed by atoms with van der Waals surface area (Å²) >= 11 is 0. The van der Waals surface area contributed by atoms with Gasteiger partial charge >= 0.3 is 0 Å². The van der Waals surface area contributed by atoms with Crippen LogP contribution in [0.4, 0.5) is 5.95 Å². The van der Waals surface area contributed by atoms with Crippen LogP contribution in [0.3, 0.4) is 0 Å². The summed E-state index contributed by atoms with van der Waals surface area (Å²) in [6.45, 7) is 5.46. The number of ether oxygens (including phenoxy) is 2. The molecule has 0 radical (unpaired) electrons. The van der Waals surface area contributed by atoms with Crippen molar-refractivity contribution < 1.29 is 9.47 Å². The number of hydrogen-bond donors (Lipinski definition) is 1. The topological polar surface area (TPSA) is 122 Å². The number of fused-ring (bicyclic) bond motifs is 3. The van der Waals surface area contributed by atoms with E-state index in [1.54, 1.807) is 6.08 Å². The second-order valence-electron chi connectivity index (χ2n) is 11.2. The predicted molar refractivity (Wildman–Crippen MR) is 131 cm³/mol. The molecule has 9 nitrogen and oxygen atoms in total. The highest BCUT2D eigenvalue weighted by Gasteiger charge is 2.69. The van der Waals surface area contributed by atoms with Crippen LogP contribution >= 0.6 is 0 Å². The van der Waals surface area contributed by atoms with Gasteiger partial charge in [0, 0.05) is 23.6 Å². The first-order chi connectivity index (χ1) is 17.3. The van der Waals surface area contributed by atoms with Gasteiger partial charge in [-0.05, 0) is 80.9 Å². The number of aromatic nitrogens is 4. The van der Waals surface area contributed by atoms with E-state index in [9.17, 15) is 5.26 Å². The molecule has 0 saturated heterocycles. The van der Waals surface area contributed by atoms with Crippen molar-refractivity contribution in [3.05, 3.63) is 34.9 Å². The van der Waals surface area contributed by atoms with Gasteiger partial charge in [0.25, 0.3) is 11.9 Å². The van der Waals surface area contributed by atoms with Crippen molar-refractivity contribution in [2.45, 2.75) is 58.0 Å². The largest absolute Gasteiger partial charge is 0.464 e. The van der Waals surface area contributed by atoms with Crippen molar-refractivity contribution in [3.8, 4) is 29.8 Å². The zero-order chi connectivity index (χ0) is 24.7. The molecule has 36 heavy (non-hydrogen) atoms. The third-order valence-electron chi connectivity index (χ3n) is 8.16. The maximum absolute atomic E-state index is 9.42. The lowest BCUT2D eigenvalue weighted by atomic mass is 9.40. The average Bonchev–Trinajstić information content (AvgIpc) is 3.46. The van der Waals surface area contributed by atoms with Gasteiger partial charge in [-0.2, -0.15) is 25.5 Å². The number of nitrogens with zero attached hydrogens (tertiary/aromatic N) is 6. The van der Waals surface area contributed by atoms with Gasteiger partial charge in [0.05, 0.1) is 24.2 Å². The molecule has 2 aromatic heterocycles. The number of anilines is 1. The number of nitriles is 2. The number of imidazole rings is 1. The first-order valence-electron chi connectivity index (χ1n) is 12.3. The fraction of sp³-hybridized carbons (Fsp3) is 0.444. The summed E-state index contributed by atoms with van der Waals surface area (Å²) in [5.74, 6) is 1.58. The lowest BCUT2D eigenvalue weighted by Crippen LogP contribution is -2.70. The summed E-state index contributed by atoms with van der Waals surface area (Å²) in [6, 6.07) is 9.00. The minimum Gasteiger partial charge on any atom is -0.464 e. The monoisotopic (exact) mass is 479 g/mol. The summed E-state index contributed by atoms with van der Waals surface area (Å²) in [4.78, 5) is 14.4. The van der Waals surface area contributed by atoms with Gasteiger partial charge in [-0.25, -0.2) is 0 Å². The van der Waals surface area contributed by atoms with Crippen molar-refractivity contribution in [2.24, 2.45) is 10.8 Å². The maximum Gasteiger partial charge on any atom is 0.298 e. The number of aryl methyl sites for hydroxylation is 2. The van der Waals surface area contributed by atoms with Crippen LogP contribution in [-0.4, -0.2) is 31.7 Å². The highest BCUT2D eigenvalue weighted by Crippen LogP contribution is 2.67. The molecule has 1 spiro atoms. The molecule has 1 aliphatic heterocycles. The van der Waals surface area contributed by atoms with Crippen LogP contribution in [-0.2, 0) is 6.54 Å². The molecule has 0 atom stereocenters. The second-order valence-corrected chi connectivity index (χ2v) is 11.2. The van der Waals surface area contributed by atoms with Crippen molar-refractivity contribution in [1.29, 1.82) is 10.5 Å². The molecule has 4 aliphatic carbocycles.